The first kappa shape index (κ1) is 16.8. The van der Waals surface area contributed by atoms with Gasteiger partial charge >= 0.3 is 5.97 Å². The highest BCUT2D eigenvalue weighted by atomic mass is 35.5. The number of carbonyl (C=O) groups is 1. The van der Waals surface area contributed by atoms with Gasteiger partial charge in [-0.3, -0.25) is 0 Å². The van der Waals surface area contributed by atoms with Crippen molar-refractivity contribution in [2.45, 2.75) is 51.7 Å². The fourth-order valence-electron chi connectivity index (χ4n) is 1.90. The molecule has 1 rings (SSSR count). The van der Waals surface area contributed by atoms with Crippen LogP contribution in [0.5, 0.6) is 5.75 Å². The molecule has 0 spiro atoms. The molecule has 0 heterocycles. The molecule has 0 aliphatic rings. The van der Waals surface area contributed by atoms with Crippen molar-refractivity contribution in [1.29, 1.82) is 0 Å². The van der Waals surface area contributed by atoms with Crippen LogP contribution in [0.1, 0.15) is 38.7 Å². The van der Waals surface area contributed by atoms with Crippen LogP contribution < -0.4 is 10.5 Å². The van der Waals surface area contributed by atoms with E-state index in [1.807, 2.05) is 13.8 Å². The summed E-state index contributed by atoms with van der Waals surface area (Å²) in [6.07, 6.45) is 1.83. The number of ether oxygens (including phenoxy) is 1. The van der Waals surface area contributed by atoms with Gasteiger partial charge in [0.05, 0.1) is 0 Å². The van der Waals surface area contributed by atoms with E-state index in [9.17, 15) is 4.79 Å². The van der Waals surface area contributed by atoms with E-state index in [1.54, 1.807) is 18.2 Å². The first-order valence-electron chi connectivity index (χ1n) is 6.91. The van der Waals surface area contributed by atoms with E-state index < -0.39 is 12.1 Å². The molecule has 0 fully saturated rings. The normalized spacial score (nSPS) is 13.8. The summed E-state index contributed by atoms with van der Waals surface area (Å²) in [4.78, 5) is 11.2. The van der Waals surface area contributed by atoms with E-state index in [4.69, 9.17) is 27.2 Å². The van der Waals surface area contributed by atoms with Crippen molar-refractivity contribution in [3.05, 3.63) is 28.8 Å². The van der Waals surface area contributed by atoms with Crippen molar-refractivity contribution < 1.29 is 14.6 Å². The minimum absolute atomic E-state index is 0.00488. The van der Waals surface area contributed by atoms with Crippen LogP contribution in [0.3, 0.4) is 0 Å². The molecule has 0 radical (unpaired) electrons. The summed E-state index contributed by atoms with van der Waals surface area (Å²) in [6, 6.07) is 5.20. The highest BCUT2D eigenvalue weighted by Gasteiger charge is 2.20. The predicted molar refractivity (Wildman–Crippen MR) is 80.4 cm³/mol. The molecule has 1 aromatic carbocycles. The smallest absolute Gasteiger partial charge is 0.344 e. The average Bonchev–Trinajstić information content (AvgIpc) is 2.40. The van der Waals surface area contributed by atoms with E-state index in [0.29, 0.717) is 23.6 Å². The van der Waals surface area contributed by atoms with Gasteiger partial charge in [-0.15, -0.1) is 0 Å². The lowest BCUT2D eigenvalue weighted by Gasteiger charge is -2.19. The maximum atomic E-state index is 11.2. The number of aliphatic carboxylic acids is 1. The van der Waals surface area contributed by atoms with E-state index in [1.165, 1.54) is 0 Å². The lowest BCUT2D eigenvalue weighted by molar-refractivity contribution is -0.145. The summed E-state index contributed by atoms with van der Waals surface area (Å²) in [5.41, 5.74) is 6.81. The van der Waals surface area contributed by atoms with Gasteiger partial charge in [0.1, 0.15) is 5.75 Å². The molecule has 112 valence electrons. The van der Waals surface area contributed by atoms with Crippen molar-refractivity contribution >= 4 is 17.6 Å². The molecule has 0 aromatic heterocycles. The standard InChI is InChI=1S/C15H22ClNO3/c1-3-5-14(15(18)19)20-13-7-6-11(16)8-10(13)9-12(17)4-2/h6-8,12,14H,3-5,9,17H2,1-2H3,(H,18,19). The maximum absolute atomic E-state index is 11.2. The van der Waals surface area contributed by atoms with Gasteiger partial charge in [0.2, 0.25) is 0 Å². The summed E-state index contributed by atoms with van der Waals surface area (Å²) in [7, 11) is 0. The number of carboxylic acid groups (broad SMARTS) is 1. The molecule has 0 saturated carbocycles. The molecule has 1 aromatic rings. The number of carboxylic acids is 1. The molecule has 0 aliphatic heterocycles. The lowest BCUT2D eigenvalue weighted by atomic mass is 10.0. The Bertz CT molecular complexity index is 451. The average molecular weight is 300 g/mol. The Morgan fingerprint density at radius 2 is 2.15 bits per heavy atom. The largest absolute Gasteiger partial charge is 0.479 e. The van der Waals surface area contributed by atoms with Gasteiger partial charge in [0.25, 0.3) is 0 Å². The predicted octanol–water partition coefficient (Wildman–Crippen LogP) is 3.25. The van der Waals surface area contributed by atoms with E-state index in [0.717, 1.165) is 18.4 Å². The van der Waals surface area contributed by atoms with Crippen LogP contribution in [-0.4, -0.2) is 23.2 Å². The Kier molecular flexibility index (Phi) is 6.82. The Balaban J connectivity index is 2.94. The SMILES string of the molecule is CCCC(Oc1ccc(Cl)cc1CC(N)CC)C(=O)O. The molecule has 3 N–H and O–H groups in total. The van der Waals surface area contributed by atoms with Crippen LogP contribution in [0.15, 0.2) is 18.2 Å². The number of benzene rings is 1. The topological polar surface area (TPSA) is 72.5 Å². The molecular formula is C15H22ClNO3. The third-order valence-electron chi connectivity index (χ3n) is 3.12. The summed E-state index contributed by atoms with van der Waals surface area (Å²) in [6.45, 7) is 3.93. The van der Waals surface area contributed by atoms with E-state index in [-0.39, 0.29) is 6.04 Å². The zero-order valence-electron chi connectivity index (χ0n) is 11.9. The van der Waals surface area contributed by atoms with Crippen molar-refractivity contribution in [1.82, 2.24) is 0 Å². The summed E-state index contributed by atoms with van der Waals surface area (Å²) in [5, 5.41) is 9.76. The number of halogens is 1. The van der Waals surface area contributed by atoms with E-state index in [2.05, 4.69) is 0 Å². The Morgan fingerprint density at radius 1 is 1.45 bits per heavy atom. The van der Waals surface area contributed by atoms with Gasteiger partial charge in [-0.2, -0.15) is 0 Å². The van der Waals surface area contributed by atoms with Crippen LogP contribution >= 0.6 is 11.6 Å². The molecule has 4 nitrogen and oxygen atoms in total. The van der Waals surface area contributed by atoms with Crippen molar-refractivity contribution in [2.24, 2.45) is 5.73 Å². The monoisotopic (exact) mass is 299 g/mol. The van der Waals surface area contributed by atoms with Gasteiger partial charge in [0.15, 0.2) is 6.10 Å². The second kappa shape index (κ2) is 8.12. The van der Waals surface area contributed by atoms with Crippen LogP contribution in [-0.2, 0) is 11.2 Å². The van der Waals surface area contributed by atoms with Crippen LogP contribution in [0.4, 0.5) is 0 Å². The molecule has 2 atom stereocenters. The molecular weight excluding hydrogens is 278 g/mol. The van der Waals surface area contributed by atoms with Gasteiger partial charge < -0.3 is 15.6 Å². The summed E-state index contributed by atoms with van der Waals surface area (Å²) in [5.74, 6) is -0.397. The highest BCUT2D eigenvalue weighted by molar-refractivity contribution is 6.30. The third kappa shape index (κ3) is 5.02. The second-order valence-corrected chi connectivity index (χ2v) is 5.29. The highest BCUT2D eigenvalue weighted by Crippen LogP contribution is 2.26. The minimum Gasteiger partial charge on any atom is -0.479 e. The number of rotatable bonds is 8. The minimum atomic E-state index is -0.951. The molecule has 5 heteroatoms. The first-order valence-corrected chi connectivity index (χ1v) is 7.29. The van der Waals surface area contributed by atoms with Gasteiger partial charge in [-0.05, 0) is 43.0 Å². The van der Waals surface area contributed by atoms with Crippen LogP contribution in [0.25, 0.3) is 0 Å². The fourth-order valence-corrected chi connectivity index (χ4v) is 2.09. The van der Waals surface area contributed by atoms with Gasteiger partial charge in [-0.1, -0.05) is 31.9 Å². The molecule has 20 heavy (non-hydrogen) atoms. The molecule has 0 amide bonds. The third-order valence-corrected chi connectivity index (χ3v) is 3.36. The Morgan fingerprint density at radius 3 is 2.70 bits per heavy atom. The Hall–Kier alpha value is -1.26. The zero-order chi connectivity index (χ0) is 15.1. The molecule has 0 aliphatic carbocycles. The van der Waals surface area contributed by atoms with Crippen molar-refractivity contribution in [3.63, 3.8) is 0 Å². The second-order valence-electron chi connectivity index (χ2n) is 4.86. The van der Waals surface area contributed by atoms with E-state index >= 15 is 0 Å². The fraction of sp³-hybridized carbons (Fsp3) is 0.533. The summed E-state index contributed by atoms with van der Waals surface area (Å²) >= 11 is 5.99. The van der Waals surface area contributed by atoms with Gasteiger partial charge in [0, 0.05) is 11.1 Å². The van der Waals surface area contributed by atoms with Crippen LogP contribution in [0.2, 0.25) is 5.02 Å². The number of hydrogen-bond donors (Lipinski definition) is 2. The zero-order valence-corrected chi connectivity index (χ0v) is 12.7. The molecule has 2 unspecified atom stereocenters. The molecule has 0 saturated heterocycles. The van der Waals surface area contributed by atoms with Crippen molar-refractivity contribution in [3.8, 4) is 5.75 Å². The number of nitrogens with two attached hydrogens (primary N) is 1. The Labute approximate surface area is 124 Å². The first-order chi connectivity index (χ1) is 9.47. The number of hydrogen-bond acceptors (Lipinski definition) is 3. The van der Waals surface area contributed by atoms with Crippen molar-refractivity contribution in [2.75, 3.05) is 0 Å². The molecule has 0 bridgehead atoms. The van der Waals surface area contributed by atoms with Gasteiger partial charge in [-0.25, -0.2) is 4.79 Å². The lowest BCUT2D eigenvalue weighted by Crippen LogP contribution is -2.28. The quantitative estimate of drug-likeness (QED) is 0.773. The summed E-state index contributed by atoms with van der Waals surface area (Å²) < 4.78 is 5.63. The maximum Gasteiger partial charge on any atom is 0.344 e. The van der Waals surface area contributed by atoms with Crippen LogP contribution in [0, 0.1) is 0 Å².